The molecule has 0 saturated carbocycles. The van der Waals surface area contributed by atoms with Crippen LogP contribution >= 0.6 is 0 Å². The zero-order valence-corrected chi connectivity index (χ0v) is 17.4. The van der Waals surface area contributed by atoms with Crippen LogP contribution in [0.3, 0.4) is 0 Å². The lowest BCUT2D eigenvalue weighted by Crippen LogP contribution is -2.41. The van der Waals surface area contributed by atoms with Crippen molar-refractivity contribution in [2.24, 2.45) is 5.73 Å². The summed E-state index contributed by atoms with van der Waals surface area (Å²) in [6.07, 6.45) is -3.06. The number of halogens is 3. The van der Waals surface area contributed by atoms with Crippen molar-refractivity contribution in [1.82, 2.24) is 19.5 Å². The number of fused-ring (bicyclic) bond motifs is 1. The molecule has 2 N–H and O–H groups in total. The second-order valence-corrected chi connectivity index (χ2v) is 8.07. The molecule has 8 nitrogen and oxygen atoms in total. The third kappa shape index (κ3) is 3.97. The minimum absolute atomic E-state index is 0.0418. The standard InChI is InChI=1S/C21H24F3N7O/c22-21(23,24)19-26-15-3-1-2-4-16(15)31(19)20-27-17(29-7-5-14(25)6-8-29)13-18(28-20)30-9-11-32-12-10-30/h1-4,13-14H,5-12,25H2. The third-order valence-electron chi connectivity index (χ3n) is 5.90. The van der Waals surface area contributed by atoms with Gasteiger partial charge in [0, 0.05) is 38.3 Å². The molecule has 3 aromatic rings. The van der Waals surface area contributed by atoms with Gasteiger partial charge in [-0.15, -0.1) is 0 Å². The molecule has 0 unspecified atom stereocenters. The van der Waals surface area contributed by atoms with Crippen molar-refractivity contribution in [3.63, 3.8) is 0 Å². The van der Waals surface area contributed by atoms with Gasteiger partial charge in [0.1, 0.15) is 11.6 Å². The van der Waals surface area contributed by atoms with Crippen LogP contribution in [-0.2, 0) is 10.9 Å². The fourth-order valence-electron chi connectivity index (χ4n) is 4.17. The van der Waals surface area contributed by atoms with E-state index >= 15 is 0 Å². The summed E-state index contributed by atoms with van der Waals surface area (Å²) < 4.78 is 48.2. The highest BCUT2D eigenvalue weighted by atomic mass is 19.4. The van der Waals surface area contributed by atoms with Gasteiger partial charge < -0.3 is 20.3 Å². The van der Waals surface area contributed by atoms with E-state index in [1.165, 1.54) is 0 Å². The Morgan fingerprint density at radius 3 is 2.19 bits per heavy atom. The number of nitrogens with two attached hydrogens (primary N) is 1. The topological polar surface area (TPSA) is 85.3 Å². The number of morpholine rings is 1. The fraction of sp³-hybridized carbons (Fsp3) is 0.476. The molecule has 0 spiro atoms. The van der Waals surface area contributed by atoms with Crippen molar-refractivity contribution in [3.8, 4) is 5.95 Å². The quantitative estimate of drug-likeness (QED) is 0.661. The monoisotopic (exact) mass is 447 g/mol. The van der Waals surface area contributed by atoms with Gasteiger partial charge in [-0.3, -0.25) is 4.57 Å². The Morgan fingerprint density at radius 1 is 0.906 bits per heavy atom. The highest BCUT2D eigenvalue weighted by molar-refractivity contribution is 5.78. The molecule has 2 fully saturated rings. The van der Waals surface area contributed by atoms with E-state index in [4.69, 9.17) is 10.5 Å². The van der Waals surface area contributed by atoms with E-state index in [2.05, 4.69) is 19.9 Å². The smallest absolute Gasteiger partial charge is 0.378 e. The largest absolute Gasteiger partial charge is 0.450 e. The summed E-state index contributed by atoms with van der Waals surface area (Å²) >= 11 is 0. The number of hydrogen-bond acceptors (Lipinski definition) is 7. The van der Waals surface area contributed by atoms with Crippen LogP contribution in [0.15, 0.2) is 30.3 Å². The van der Waals surface area contributed by atoms with Gasteiger partial charge in [0.2, 0.25) is 11.8 Å². The van der Waals surface area contributed by atoms with Crippen LogP contribution in [0.1, 0.15) is 18.7 Å². The molecule has 0 radical (unpaired) electrons. The van der Waals surface area contributed by atoms with Crippen molar-refractivity contribution < 1.29 is 17.9 Å². The molecule has 170 valence electrons. The lowest BCUT2D eigenvalue weighted by molar-refractivity contribution is -0.145. The molecule has 2 aliphatic rings. The second kappa shape index (κ2) is 8.21. The molecule has 0 amide bonds. The summed E-state index contributed by atoms with van der Waals surface area (Å²) in [7, 11) is 0. The predicted molar refractivity (Wildman–Crippen MR) is 114 cm³/mol. The molecule has 4 heterocycles. The first-order valence-corrected chi connectivity index (χ1v) is 10.7. The van der Waals surface area contributed by atoms with Crippen LogP contribution in [0, 0.1) is 0 Å². The zero-order valence-electron chi connectivity index (χ0n) is 17.4. The Bertz CT molecular complexity index is 1100. The third-order valence-corrected chi connectivity index (χ3v) is 5.90. The van der Waals surface area contributed by atoms with Crippen molar-refractivity contribution >= 4 is 22.7 Å². The maximum Gasteiger partial charge on any atom is 0.450 e. The molecule has 0 atom stereocenters. The predicted octanol–water partition coefficient (Wildman–Crippen LogP) is 2.60. The molecule has 5 rings (SSSR count). The van der Waals surface area contributed by atoms with Crippen LogP contribution in [0.25, 0.3) is 17.0 Å². The molecular formula is C21H24F3N7O. The Balaban J connectivity index is 1.67. The van der Waals surface area contributed by atoms with Gasteiger partial charge >= 0.3 is 6.18 Å². The SMILES string of the molecule is NC1CCN(c2cc(N3CCOCC3)nc(-n3c(C(F)(F)F)nc4ccccc43)n2)CC1. The molecule has 2 aromatic heterocycles. The fourth-order valence-corrected chi connectivity index (χ4v) is 4.17. The van der Waals surface area contributed by atoms with Crippen molar-refractivity contribution in [2.45, 2.75) is 25.1 Å². The number of nitrogens with zero attached hydrogens (tertiary/aromatic N) is 6. The van der Waals surface area contributed by atoms with E-state index in [1.807, 2.05) is 11.0 Å². The number of hydrogen-bond donors (Lipinski definition) is 1. The van der Waals surface area contributed by atoms with Crippen molar-refractivity contribution in [3.05, 3.63) is 36.2 Å². The minimum atomic E-state index is -4.66. The van der Waals surface area contributed by atoms with E-state index in [1.54, 1.807) is 24.3 Å². The summed E-state index contributed by atoms with van der Waals surface area (Å²) in [6.45, 7) is 3.67. The van der Waals surface area contributed by atoms with Crippen LogP contribution in [0.5, 0.6) is 0 Å². The van der Waals surface area contributed by atoms with Gasteiger partial charge in [0.05, 0.1) is 24.2 Å². The Morgan fingerprint density at radius 2 is 1.53 bits per heavy atom. The molecule has 2 saturated heterocycles. The number of imidazole rings is 1. The van der Waals surface area contributed by atoms with Crippen molar-refractivity contribution in [2.75, 3.05) is 49.2 Å². The van der Waals surface area contributed by atoms with Crippen molar-refractivity contribution in [1.29, 1.82) is 0 Å². The highest BCUT2D eigenvalue weighted by Gasteiger charge is 2.39. The number of anilines is 2. The summed E-state index contributed by atoms with van der Waals surface area (Å²) in [5.41, 5.74) is 6.59. The summed E-state index contributed by atoms with van der Waals surface area (Å²) in [6, 6.07) is 8.47. The number of para-hydroxylation sites is 2. The van der Waals surface area contributed by atoms with Gasteiger partial charge in [-0.25, -0.2) is 4.98 Å². The number of piperidine rings is 1. The van der Waals surface area contributed by atoms with Crippen LogP contribution < -0.4 is 15.5 Å². The molecule has 11 heteroatoms. The van der Waals surface area contributed by atoms with Gasteiger partial charge in [-0.2, -0.15) is 23.1 Å². The van der Waals surface area contributed by atoms with E-state index < -0.39 is 12.0 Å². The molecule has 0 aliphatic carbocycles. The summed E-state index contributed by atoms with van der Waals surface area (Å²) in [5, 5.41) is 0. The van der Waals surface area contributed by atoms with E-state index in [0.717, 1.165) is 17.4 Å². The number of ether oxygens (including phenoxy) is 1. The van der Waals surface area contributed by atoms with Gasteiger partial charge in [-0.1, -0.05) is 12.1 Å². The van der Waals surface area contributed by atoms with Gasteiger partial charge in [0.25, 0.3) is 0 Å². The number of benzene rings is 1. The lowest BCUT2D eigenvalue weighted by atomic mass is 10.1. The number of aromatic nitrogens is 4. The second-order valence-electron chi connectivity index (χ2n) is 8.07. The maximum absolute atomic E-state index is 13.9. The average molecular weight is 447 g/mol. The van der Waals surface area contributed by atoms with Crippen LogP contribution in [-0.4, -0.2) is 65.0 Å². The van der Waals surface area contributed by atoms with E-state index in [0.29, 0.717) is 56.5 Å². The molecule has 32 heavy (non-hydrogen) atoms. The Labute approximate surface area is 182 Å². The molecule has 0 bridgehead atoms. The first-order valence-electron chi connectivity index (χ1n) is 10.7. The highest BCUT2D eigenvalue weighted by Crippen LogP contribution is 2.34. The Kier molecular flexibility index (Phi) is 5.38. The van der Waals surface area contributed by atoms with E-state index in [-0.39, 0.29) is 17.5 Å². The number of rotatable bonds is 3. The number of alkyl halides is 3. The van der Waals surface area contributed by atoms with Gasteiger partial charge in [-0.05, 0) is 25.0 Å². The van der Waals surface area contributed by atoms with Crippen LogP contribution in [0.2, 0.25) is 0 Å². The molecule has 1 aromatic carbocycles. The minimum Gasteiger partial charge on any atom is -0.378 e. The first kappa shape index (κ1) is 21.0. The molecular weight excluding hydrogens is 423 g/mol. The van der Waals surface area contributed by atoms with E-state index in [9.17, 15) is 13.2 Å². The zero-order chi connectivity index (χ0) is 22.3. The average Bonchev–Trinajstić information content (AvgIpc) is 3.20. The van der Waals surface area contributed by atoms with Gasteiger partial charge in [0.15, 0.2) is 0 Å². The summed E-state index contributed by atoms with van der Waals surface area (Å²) in [4.78, 5) is 17.1. The Hall–Kier alpha value is -2.92. The lowest BCUT2D eigenvalue weighted by Gasteiger charge is -2.33. The molecule has 2 aliphatic heterocycles. The normalized spacial score (nSPS) is 18.5. The maximum atomic E-state index is 13.9. The first-order chi connectivity index (χ1) is 15.4. The summed E-state index contributed by atoms with van der Waals surface area (Å²) in [5.74, 6) is 0.0905. The van der Waals surface area contributed by atoms with Crippen LogP contribution in [0.4, 0.5) is 24.8 Å².